The van der Waals surface area contributed by atoms with Gasteiger partial charge in [0.2, 0.25) is 0 Å². The van der Waals surface area contributed by atoms with Gasteiger partial charge in [0.15, 0.2) is 0 Å². The topological polar surface area (TPSA) is 145 Å². The van der Waals surface area contributed by atoms with Crippen molar-refractivity contribution in [1.82, 2.24) is 10.6 Å². The fraction of sp³-hybridized carbons (Fsp3) is 0.500. The molecule has 0 heterocycles. The van der Waals surface area contributed by atoms with Gasteiger partial charge in [0.05, 0.1) is 13.2 Å². The molecule has 0 aliphatic rings. The van der Waals surface area contributed by atoms with Crippen molar-refractivity contribution in [2.45, 2.75) is 65.5 Å². The molecule has 213 valence electrons. The Labute approximate surface area is 233 Å². The Bertz CT molecular complexity index is 672. The van der Waals surface area contributed by atoms with Crippen LogP contribution in [0.15, 0.2) is 60.7 Å². The van der Waals surface area contributed by atoms with Crippen LogP contribution < -0.4 is 20.8 Å². The molecule has 0 spiro atoms. The number of unbranched alkanes of at least 4 members (excludes halogenated alkanes) is 2. The summed E-state index contributed by atoms with van der Waals surface area (Å²) in [5.74, 6) is -1.89. The van der Waals surface area contributed by atoms with Gasteiger partial charge in [-0.2, -0.15) is 0 Å². The van der Waals surface area contributed by atoms with Crippen LogP contribution in [0.2, 0.25) is 0 Å². The summed E-state index contributed by atoms with van der Waals surface area (Å²) >= 11 is 0. The third kappa shape index (κ3) is 33.7. The maximum Gasteiger partial charge on any atom is 2.00 e. The molecule has 0 aliphatic heterocycles. The SMILES string of the molecule is CCCCC(=O)[O-].CCCCC(=O)[O-].OCCNCc1ccccc1.OCCNCc1ccccc1.[Cu+2]. The third-order valence-corrected chi connectivity index (χ3v) is 4.39. The molecule has 2 aromatic carbocycles. The molecule has 8 nitrogen and oxygen atoms in total. The van der Waals surface area contributed by atoms with Crippen LogP contribution in [0.1, 0.15) is 63.5 Å². The van der Waals surface area contributed by atoms with Crippen LogP contribution >= 0.6 is 0 Å². The largest absolute Gasteiger partial charge is 2.00 e. The van der Waals surface area contributed by atoms with Gasteiger partial charge < -0.3 is 40.6 Å². The molecule has 4 N–H and O–H groups in total. The van der Waals surface area contributed by atoms with Crippen molar-refractivity contribution in [2.75, 3.05) is 26.3 Å². The molecule has 0 unspecified atom stereocenters. The first-order valence-electron chi connectivity index (χ1n) is 12.5. The average molecular weight is 568 g/mol. The van der Waals surface area contributed by atoms with Crippen molar-refractivity contribution in [1.29, 1.82) is 0 Å². The van der Waals surface area contributed by atoms with Crippen LogP contribution in [0.4, 0.5) is 0 Å². The van der Waals surface area contributed by atoms with Crippen LogP contribution in [-0.2, 0) is 39.7 Å². The van der Waals surface area contributed by atoms with Crippen molar-refractivity contribution < 1.29 is 47.1 Å². The van der Waals surface area contributed by atoms with E-state index in [1.165, 1.54) is 11.1 Å². The van der Waals surface area contributed by atoms with Crippen LogP contribution in [0.25, 0.3) is 0 Å². The quantitative estimate of drug-likeness (QED) is 0.198. The van der Waals surface area contributed by atoms with E-state index in [1.807, 2.05) is 50.2 Å². The average Bonchev–Trinajstić information content (AvgIpc) is 2.89. The van der Waals surface area contributed by atoms with Gasteiger partial charge in [-0.3, -0.25) is 0 Å². The second kappa shape index (κ2) is 31.8. The number of hydrogen-bond donors (Lipinski definition) is 4. The van der Waals surface area contributed by atoms with E-state index in [9.17, 15) is 19.8 Å². The maximum absolute atomic E-state index is 9.65. The Morgan fingerprint density at radius 2 is 1.00 bits per heavy atom. The minimum absolute atomic E-state index is 0. The first-order valence-corrected chi connectivity index (χ1v) is 12.5. The van der Waals surface area contributed by atoms with Crippen LogP contribution in [0, 0.1) is 0 Å². The standard InChI is InChI=1S/2C9H13NO.2C5H10O2.Cu/c2*11-7-6-10-8-9-4-2-1-3-5-9;2*1-2-3-4-5(6)7;/h2*1-5,10-11H,6-8H2;2*2-4H2,1H3,(H,6,7);/q;;;;+2/p-2. The third-order valence-electron chi connectivity index (χ3n) is 4.39. The molecule has 0 aromatic heterocycles. The Hall–Kier alpha value is -2.26. The Morgan fingerprint density at radius 1 is 0.676 bits per heavy atom. The predicted octanol–water partition coefficient (Wildman–Crippen LogP) is 1.39. The number of benzene rings is 2. The van der Waals surface area contributed by atoms with Crippen LogP contribution in [-0.4, -0.2) is 48.5 Å². The van der Waals surface area contributed by atoms with Gasteiger partial charge >= 0.3 is 17.1 Å². The number of aliphatic hydroxyl groups excluding tert-OH is 2. The van der Waals surface area contributed by atoms with Crippen molar-refractivity contribution in [3.63, 3.8) is 0 Å². The molecule has 37 heavy (non-hydrogen) atoms. The van der Waals surface area contributed by atoms with E-state index in [1.54, 1.807) is 0 Å². The summed E-state index contributed by atoms with van der Waals surface area (Å²) in [6, 6.07) is 20.3. The molecule has 2 rings (SSSR count). The molecule has 0 atom stereocenters. The van der Waals surface area contributed by atoms with Gasteiger partial charge in [-0.05, 0) is 36.8 Å². The zero-order chi connectivity index (χ0) is 27.3. The molecule has 0 saturated carbocycles. The van der Waals surface area contributed by atoms with E-state index in [-0.39, 0.29) is 43.1 Å². The van der Waals surface area contributed by atoms with E-state index in [4.69, 9.17) is 10.2 Å². The number of carbonyl (C=O) groups excluding carboxylic acids is 2. The summed E-state index contributed by atoms with van der Waals surface area (Å²) in [7, 11) is 0. The number of aliphatic carboxylic acids is 2. The molecule has 2 aromatic rings. The number of nitrogens with one attached hydrogen (secondary N) is 2. The number of rotatable bonds is 14. The van der Waals surface area contributed by atoms with Crippen LogP contribution in [0.3, 0.4) is 0 Å². The maximum atomic E-state index is 9.65. The normalized spacial score (nSPS) is 9.19. The van der Waals surface area contributed by atoms with Gasteiger partial charge in [-0.1, -0.05) is 87.4 Å². The van der Waals surface area contributed by atoms with E-state index in [2.05, 4.69) is 34.9 Å². The van der Waals surface area contributed by atoms with Gasteiger partial charge in [-0.15, -0.1) is 0 Å². The number of carboxylic acids is 2. The summed E-state index contributed by atoms with van der Waals surface area (Å²) in [4.78, 5) is 19.3. The smallest absolute Gasteiger partial charge is 0.550 e. The van der Waals surface area contributed by atoms with Crippen molar-refractivity contribution in [3.8, 4) is 0 Å². The first-order chi connectivity index (χ1) is 17.4. The fourth-order valence-corrected chi connectivity index (χ4v) is 2.46. The molecule has 0 bridgehead atoms. The summed E-state index contributed by atoms with van der Waals surface area (Å²) in [6.07, 6.45) is 3.74. The van der Waals surface area contributed by atoms with Crippen LogP contribution in [0.5, 0.6) is 0 Å². The molecule has 0 aliphatic carbocycles. The molecule has 0 amide bonds. The predicted molar refractivity (Wildman–Crippen MR) is 140 cm³/mol. The minimum atomic E-state index is -0.943. The Morgan fingerprint density at radius 3 is 1.22 bits per heavy atom. The molecule has 9 heteroatoms. The summed E-state index contributed by atoms with van der Waals surface area (Å²) < 4.78 is 0. The summed E-state index contributed by atoms with van der Waals surface area (Å²) in [6.45, 7) is 7.29. The molecule has 1 radical (unpaired) electrons. The summed E-state index contributed by atoms with van der Waals surface area (Å²) in [5.41, 5.74) is 2.50. The first kappa shape index (κ1) is 39.3. The second-order valence-electron chi connectivity index (χ2n) is 7.72. The zero-order valence-electron chi connectivity index (χ0n) is 22.1. The Kier molecular flexibility index (Phi) is 33.7. The van der Waals surface area contributed by atoms with E-state index in [0.717, 1.165) is 38.8 Å². The van der Waals surface area contributed by atoms with E-state index in [0.29, 0.717) is 13.1 Å². The summed E-state index contributed by atoms with van der Waals surface area (Å²) in [5, 5.41) is 42.5. The molecular weight excluding hydrogens is 524 g/mol. The van der Waals surface area contributed by atoms with Gasteiger partial charge in [-0.25, -0.2) is 0 Å². The van der Waals surface area contributed by atoms with Gasteiger partial charge in [0, 0.05) is 38.1 Å². The van der Waals surface area contributed by atoms with Crippen molar-refractivity contribution in [3.05, 3.63) is 71.8 Å². The Balaban J connectivity index is -0.000000424. The zero-order valence-corrected chi connectivity index (χ0v) is 23.0. The van der Waals surface area contributed by atoms with E-state index >= 15 is 0 Å². The monoisotopic (exact) mass is 567 g/mol. The van der Waals surface area contributed by atoms with Crippen molar-refractivity contribution >= 4 is 11.9 Å². The minimum Gasteiger partial charge on any atom is -0.550 e. The van der Waals surface area contributed by atoms with Gasteiger partial charge in [0.1, 0.15) is 0 Å². The fourth-order valence-electron chi connectivity index (χ4n) is 2.46. The number of aliphatic hydroxyl groups is 2. The molecule has 0 fully saturated rings. The molecular formula is C28H44CuN2O6. The van der Waals surface area contributed by atoms with E-state index < -0.39 is 11.9 Å². The van der Waals surface area contributed by atoms with Crippen molar-refractivity contribution in [2.24, 2.45) is 0 Å². The number of carboxylic acid groups (broad SMARTS) is 2. The van der Waals surface area contributed by atoms with Gasteiger partial charge in [0.25, 0.3) is 0 Å². The second-order valence-corrected chi connectivity index (χ2v) is 7.72. The number of carbonyl (C=O) groups is 2. The number of hydrogen-bond acceptors (Lipinski definition) is 8. The molecule has 0 saturated heterocycles.